The molecule has 1 aromatic heterocycles. The zero-order chi connectivity index (χ0) is 17.1. The van der Waals surface area contributed by atoms with Gasteiger partial charge >= 0.3 is 5.97 Å². The van der Waals surface area contributed by atoms with E-state index >= 15 is 0 Å². The first kappa shape index (κ1) is 16.7. The first-order valence-electron chi connectivity index (χ1n) is 7.98. The highest BCUT2D eigenvalue weighted by Crippen LogP contribution is 2.29. The minimum atomic E-state index is -0.966. The molecule has 1 amide bonds. The van der Waals surface area contributed by atoms with Crippen LogP contribution in [-0.4, -0.2) is 59.5 Å². The van der Waals surface area contributed by atoms with Gasteiger partial charge in [0.1, 0.15) is 0 Å². The lowest BCUT2D eigenvalue weighted by molar-refractivity contribution is 0.0697. The van der Waals surface area contributed by atoms with Crippen LogP contribution in [0.1, 0.15) is 26.5 Å². The van der Waals surface area contributed by atoms with Crippen LogP contribution in [0.2, 0.25) is 0 Å². The molecule has 1 aliphatic rings. The predicted octanol–water partition coefficient (Wildman–Crippen LogP) is 2.93. The van der Waals surface area contributed by atoms with Crippen molar-refractivity contribution in [2.45, 2.75) is 6.42 Å². The number of benzene rings is 1. The molecular formula is C18H20N2O3S. The third-order valence-electron chi connectivity index (χ3n) is 4.27. The van der Waals surface area contributed by atoms with Crippen LogP contribution in [0.5, 0.6) is 0 Å². The van der Waals surface area contributed by atoms with E-state index in [4.69, 9.17) is 0 Å². The van der Waals surface area contributed by atoms with E-state index in [2.05, 4.69) is 11.5 Å². The summed E-state index contributed by atoms with van der Waals surface area (Å²) in [6, 6.07) is 6.87. The van der Waals surface area contributed by atoms with E-state index in [0.29, 0.717) is 16.8 Å². The van der Waals surface area contributed by atoms with Crippen molar-refractivity contribution in [1.82, 2.24) is 9.80 Å². The summed E-state index contributed by atoms with van der Waals surface area (Å²) in [5.41, 5.74) is 0.246. The number of aromatic carboxylic acids is 1. The maximum atomic E-state index is 12.8. The summed E-state index contributed by atoms with van der Waals surface area (Å²) in [4.78, 5) is 28.9. The van der Waals surface area contributed by atoms with Crippen molar-refractivity contribution in [3.05, 3.63) is 47.4 Å². The highest BCUT2D eigenvalue weighted by molar-refractivity contribution is 7.20. The number of hydrogen-bond donors (Lipinski definition) is 1. The van der Waals surface area contributed by atoms with E-state index in [1.165, 1.54) is 11.3 Å². The second-order valence-electron chi connectivity index (χ2n) is 5.87. The highest BCUT2D eigenvalue weighted by Gasteiger charge is 2.22. The second-order valence-corrected chi connectivity index (χ2v) is 6.95. The molecule has 1 aliphatic heterocycles. The number of carbonyl (C=O) groups excluding carboxylic acids is 1. The van der Waals surface area contributed by atoms with Gasteiger partial charge in [0, 0.05) is 42.8 Å². The topological polar surface area (TPSA) is 60.9 Å². The Labute approximate surface area is 144 Å². The number of carbonyl (C=O) groups is 2. The lowest BCUT2D eigenvalue weighted by Crippen LogP contribution is -2.34. The minimum Gasteiger partial charge on any atom is -0.478 e. The fourth-order valence-electron chi connectivity index (χ4n) is 3.05. The summed E-state index contributed by atoms with van der Waals surface area (Å²) >= 11 is 1.36. The minimum absolute atomic E-state index is 0.00649. The molecule has 1 saturated heterocycles. The summed E-state index contributed by atoms with van der Waals surface area (Å²) in [6.45, 7) is 7.82. The summed E-state index contributed by atoms with van der Waals surface area (Å²) in [5, 5.41) is 9.93. The van der Waals surface area contributed by atoms with E-state index in [1.807, 2.05) is 17.0 Å². The van der Waals surface area contributed by atoms with Gasteiger partial charge < -0.3 is 10.0 Å². The van der Waals surface area contributed by atoms with Crippen molar-refractivity contribution < 1.29 is 14.7 Å². The van der Waals surface area contributed by atoms with Gasteiger partial charge in [-0.3, -0.25) is 9.69 Å². The Morgan fingerprint density at radius 1 is 1.25 bits per heavy atom. The molecule has 0 radical (unpaired) electrons. The lowest BCUT2D eigenvalue weighted by atomic mass is 10.1. The molecule has 0 bridgehead atoms. The zero-order valence-corrected chi connectivity index (χ0v) is 14.2. The molecule has 2 heterocycles. The Kier molecular flexibility index (Phi) is 4.97. The fraction of sp³-hybridized carbons (Fsp3) is 0.333. The van der Waals surface area contributed by atoms with Crippen molar-refractivity contribution in [3.8, 4) is 0 Å². The Morgan fingerprint density at radius 3 is 2.83 bits per heavy atom. The number of fused-ring (bicyclic) bond motifs is 1. The maximum Gasteiger partial charge on any atom is 0.336 e. The van der Waals surface area contributed by atoms with E-state index in [1.54, 1.807) is 18.2 Å². The summed E-state index contributed by atoms with van der Waals surface area (Å²) in [7, 11) is 0. The molecule has 1 aromatic carbocycles. The number of rotatable bonds is 4. The maximum absolute atomic E-state index is 12.8. The molecule has 24 heavy (non-hydrogen) atoms. The van der Waals surface area contributed by atoms with Crippen LogP contribution < -0.4 is 0 Å². The SMILES string of the molecule is C=CCN1CCCN(C(=O)c2cc3c(C(=O)O)cccc3s2)CC1. The molecule has 1 fully saturated rings. The van der Waals surface area contributed by atoms with E-state index in [9.17, 15) is 14.7 Å². The van der Waals surface area contributed by atoms with Gasteiger partial charge in [0.2, 0.25) is 0 Å². The standard InChI is InChI=1S/C18H20N2O3S/c1-2-7-19-8-4-9-20(11-10-19)17(21)16-12-14-13(18(22)23)5-3-6-15(14)24-16/h2-3,5-6,12H,1,4,7-11H2,(H,22,23). The number of thiophene rings is 1. The molecule has 3 rings (SSSR count). The molecule has 1 N–H and O–H groups in total. The van der Waals surface area contributed by atoms with Crippen molar-refractivity contribution in [1.29, 1.82) is 0 Å². The molecule has 0 saturated carbocycles. The van der Waals surface area contributed by atoms with Crippen molar-refractivity contribution >= 4 is 33.3 Å². The molecule has 0 spiro atoms. The zero-order valence-electron chi connectivity index (χ0n) is 13.4. The quantitative estimate of drug-likeness (QED) is 0.867. The van der Waals surface area contributed by atoms with Crippen molar-refractivity contribution in [2.24, 2.45) is 0 Å². The number of amides is 1. The van der Waals surface area contributed by atoms with Gasteiger partial charge in [0.25, 0.3) is 5.91 Å². The molecule has 5 nitrogen and oxygen atoms in total. The largest absolute Gasteiger partial charge is 0.478 e. The van der Waals surface area contributed by atoms with Crippen molar-refractivity contribution in [2.75, 3.05) is 32.7 Å². The Hall–Kier alpha value is -2.18. The van der Waals surface area contributed by atoms with Gasteiger partial charge in [-0.15, -0.1) is 17.9 Å². The van der Waals surface area contributed by atoms with Crippen LogP contribution in [0, 0.1) is 0 Å². The van der Waals surface area contributed by atoms with E-state index in [0.717, 1.165) is 37.3 Å². The third-order valence-corrected chi connectivity index (χ3v) is 5.35. The van der Waals surface area contributed by atoms with Gasteiger partial charge in [-0.1, -0.05) is 12.1 Å². The monoisotopic (exact) mass is 344 g/mol. The van der Waals surface area contributed by atoms with Gasteiger partial charge in [0.15, 0.2) is 0 Å². The first-order valence-corrected chi connectivity index (χ1v) is 8.80. The molecule has 126 valence electrons. The molecule has 2 aromatic rings. The van der Waals surface area contributed by atoms with Gasteiger partial charge in [0.05, 0.1) is 10.4 Å². The molecule has 6 heteroatoms. The predicted molar refractivity (Wildman–Crippen MR) is 95.9 cm³/mol. The third kappa shape index (κ3) is 3.34. The highest BCUT2D eigenvalue weighted by atomic mass is 32.1. The number of nitrogens with zero attached hydrogens (tertiary/aromatic N) is 2. The van der Waals surface area contributed by atoms with Crippen LogP contribution >= 0.6 is 11.3 Å². The Morgan fingerprint density at radius 2 is 2.08 bits per heavy atom. The van der Waals surface area contributed by atoms with Crippen LogP contribution in [0.3, 0.4) is 0 Å². The fourth-order valence-corrected chi connectivity index (χ4v) is 4.10. The lowest BCUT2D eigenvalue weighted by Gasteiger charge is -2.20. The number of carboxylic acid groups (broad SMARTS) is 1. The smallest absolute Gasteiger partial charge is 0.336 e. The van der Waals surface area contributed by atoms with Crippen LogP contribution in [0.25, 0.3) is 10.1 Å². The van der Waals surface area contributed by atoms with Gasteiger partial charge in [-0.25, -0.2) is 4.79 Å². The van der Waals surface area contributed by atoms with E-state index in [-0.39, 0.29) is 11.5 Å². The molecular weight excluding hydrogens is 324 g/mol. The summed E-state index contributed by atoms with van der Waals surface area (Å²) in [5.74, 6) is -0.972. The van der Waals surface area contributed by atoms with E-state index < -0.39 is 5.97 Å². The van der Waals surface area contributed by atoms with Crippen LogP contribution in [-0.2, 0) is 0 Å². The van der Waals surface area contributed by atoms with Gasteiger partial charge in [-0.2, -0.15) is 0 Å². The summed E-state index contributed by atoms with van der Waals surface area (Å²) in [6.07, 6.45) is 2.82. The second kappa shape index (κ2) is 7.15. The van der Waals surface area contributed by atoms with Crippen LogP contribution in [0.15, 0.2) is 36.9 Å². The number of hydrogen-bond acceptors (Lipinski definition) is 4. The first-order chi connectivity index (χ1) is 11.6. The Bertz CT molecular complexity index is 784. The number of carboxylic acids is 1. The average molecular weight is 344 g/mol. The van der Waals surface area contributed by atoms with Crippen LogP contribution in [0.4, 0.5) is 0 Å². The van der Waals surface area contributed by atoms with Crippen molar-refractivity contribution in [3.63, 3.8) is 0 Å². The Balaban J connectivity index is 1.82. The summed E-state index contributed by atoms with van der Waals surface area (Å²) < 4.78 is 0.835. The molecule has 0 unspecified atom stereocenters. The molecule has 0 atom stereocenters. The normalized spacial score (nSPS) is 16.1. The average Bonchev–Trinajstić information content (AvgIpc) is 2.87. The molecule has 0 aliphatic carbocycles. The van der Waals surface area contributed by atoms with Gasteiger partial charge in [-0.05, 0) is 24.6 Å².